The molecule has 1 aromatic heterocycles. The van der Waals surface area contributed by atoms with Gasteiger partial charge >= 0.3 is 5.97 Å². The largest absolute Gasteiger partial charge is 0.475 e. The number of aromatic amines is 1. The van der Waals surface area contributed by atoms with E-state index in [1.807, 2.05) is 0 Å². The van der Waals surface area contributed by atoms with Crippen molar-refractivity contribution in [2.75, 3.05) is 6.54 Å². The van der Waals surface area contributed by atoms with Crippen LogP contribution in [0.2, 0.25) is 0 Å². The van der Waals surface area contributed by atoms with Crippen LogP contribution in [-0.4, -0.2) is 27.6 Å². The molecule has 0 atom stereocenters. The van der Waals surface area contributed by atoms with Gasteiger partial charge in [0.1, 0.15) is 0 Å². The monoisotopic (exact) mass is 167 g/mol. The summed E-state index contributed by atoms with van der Waals surface area (Å²) < 4.78 is 0. The average molecular weight is 167 g/mol. The first kappa shape index (κ1) is 7.30. The molecule has 2 heterocycles. The van der Waals surface area contributed by atoms with Gasteiger partial charge in [0, 0.05) is 19.5 Å². The summed E-state index contributed by atoms with van der Waals surface area (Å²) >= 11 is 0. The Bertz CT molecular complexity index is 295. The van der Waals surface area contributed by atoms with Crippen LogP contribution in [0.25, 0.3) is 0 Å². The first-order valence-electron chi connectivity index (χ1n) is 3.79. The number of hydrogen-bond acceptors (Lipinski definition) is 3. The van der Waals surface area contributed by atoms with Crippen molar-refractivity contribution in [1.82, 2.24) is 15.3 Å². The highest BCUT2D eigenvalue weighted by atomic mass is 16.4. The van der Waals surface area contributed by atoms with E-state index in [9.17, 15) is 4.79 Å². The molecule has 0 aromatic carbocycles. The van der Waals surface area contributed by atoms with Crippen LogP contribution in [0.3, 0.4) is 0 Å². The average Bonchev–Trinajstić information content (AvgIpc) is 2.46. The van der Waals surface area contributed by atoms with E-state index in [-0.39, 0.29) is 5.82 Å². The SMILES string of the molecule is O=C(O)c1nc2c([nH]1)CNCC2. The lowest BCUT2D eigenvalue weighted by atomic mass is 10.2. The summed E-state index contributed by atoms with van der Waals surface area (Å²) in [5, 5.41) is 11.7. The van der Waals surface area contributed by atoms with Gasteiger partial charge in [-0.2, -0.15) is 0 Å². The zero-order valence-corrected chi connectivity index (χ0v) is 6.42. The Kier molecular flexibility index (Phi) is 1.58. The summed E-state index contributed by atoms with van der Waals surface area (Å²) in [5.41, 5.74) is 1.78. The Hall–Kier alpha value is -1.36. The predicted molar refractivity (Wildman–Crippen MR) is 41.0 cm³/mol. The van der Waals surface area contributed by atoms with Crippen LogP contribution in [0.4, 0.5) is 0 Å². The van der Waals surface area contributed by atoms with Crippen molar-refractivity contribution >= 4 is 5.97 Å². The van der Waals surface area contributed by atoms with E-state index in [4.69, 9.17) is 5.11 Å². The predicted octanol–water partition coefficient (Wildman–Crippen LogP) is -0.246. The lowest BCUT2D eigenvalue weighted by molar-refractivity contribution is 0.0684. The minimum Gasteiger partial charge on any atom is -0.475 e. The van der Waals surface area contributed by atoms with Crippen molar-refractivity contribution in [2.24, 2.45) is 0 Å². The molecule has 0 saturated heterocycles. The molecule has 0 spiro atoms. The summed E-state index contributed by atoms with van der Waals surface area (Å²) in [6.45, 7) is 1.56. The van der Waals surface area contributed by atoms with Gasteiger partial charge in [0.25, 0.3) is 0 Å². The van der Waals surface area contributed by atoms with Crippen molar-refractivity contribution < 1.29 is 9.90 Å². The van der Waals surface area contributed by atoms with Crippen LogP contribution < -0.4 is 5.32 Å². The van der Waals surface area contributed by atoms with Crippen molar-refractivity contribution in [2.45, 2.75) is 13.0 Å². The summed E-state index contributed by atoms with van der Waals surface area (Å²) in [6.07, 6.45) is 0.805. The molecule has 5 heteroatoms. The van der Waals surface area contributed by atoms with E-state index in [0.717, 1.165) is 24.4 Å². The van der Waals surface area contributed by atoms with Crippen molar-refractivity contribution in [3.05, 3.63) is 17.2 Å². The maximum absolute atomic E-state index is 10.5. The van der Waals surface area contributed by atoms with Gasteiger partial charge < -0.3 is 15.4 Å². The number of hydrogen-bond donors (Lipinski definition) is 3. The molecular weight excluding hydrogens is 158 g/mol. The van der Waals surface area contributed by atoms with Crippen LogP contribution in [0, 0.1) is 0 Å². The Morgan fingerprint density at radius 2 is 2.42 bits per heavy atom. The number of aromatic carboxylic acids is 1. The van der Waals surface area contributed by atoms with Crippen LogP contribution >= 0.6 is 0 Å². The van der Waals surface area contributed by atoms with Crippen LogP contribution in [-0.2, 0) is 13.0 Å². The number of nitrogens with one attached hydrogen (secondary N) is 2. The zero-order chi connectivity index (χ0) is 8.55. The van der Waals surface area contributed by atoms with Crippen molar-refractivity contribution in [3.8, 4) is 0 Å². The fraction of sp³-hybridized carbons (Fsp3) is 0.429. The molecule has 3 N–H and O–H groups in total. The second kappa shape index (κ2) is 2.60. The van der Waals surface area contributed by atoms with Crippen molar-refractivity contribution in [1.29, 1.82) is 0 Å². The Balaban J connectivity index is 2.38. The fourth-order valence-electron chi connectivity index (χ4n) is 1.32. The molecule has 1 aromatic rings. The molecule has 12 heavy (non-hydrogen) atoms. The highest BCUT2D eigenvalue weighted by Gasteiger charge is 2.16. The van der Waals surface area contributed by atoms with Gasteiger partial charge in [-0.3, -0.25) is 0 Å². The van der Waals surface area contributed by atoms with Gasteiger partial charge in [0.15, 0.2) is 0 Å². The van der Waals surface area contributed by atoms with E-state index in [2.05, 4.69) is 15.3 Å². The zero-order valence-electron chi connectivity index (χ0n) is 6.42. The number of rotatable bonds is 1. The quantitative estimate of drug-likeness (QED) is 0.539. The summed E-state index contributed by atoms with van der Waals surface area (Å²) in [5.74, 6) is -0.951. The highest BCUT2D eigenvalue weighted by molar-refractivity contribution is 5.83. The molecule has 0 aliphatic carbocycles. The molecule has 5 nitrogen and oxygen atoms in total. The summed E-state index contributed by atoms with van der Waals surface area (Å²) in [7, 11) is 0. The molecule has 0 saturated carbocycles. The van der Waals surface area contributed by atoms with Crippen LogP contribution in [0.5, 0.6) is 0 Å². The lowest BCUT2D eigenvalue weighted by Gasteiger charge is -2.09. The van der Waals surface area contributed by atoms with E-state index < -0.39 is 5.97 Å². The Labute approximate surface area is 68.8 Å². The minimum absolute atomic E-state index is 0.0451. The van der Waals surface area contributed by atoms with Crippen LogP contribution in [0.15, 0.2) is 0 Å². The molecular formula is C7H9N3O2. The molecule has 2 rings (SSSR count). The molecule has 1 aliphatic rings. The van der Waals surface area contributed by atoms with Gasteiger partial charge in [-0.05, 0) is 0 Å². The lowest BCUT2D eigenvalue weighted by Crippen LogP contribution is -2.23. The molecule has 0 fully saturated rings. The van der Waals surface area contributed by atoms with E-state index in [1.165, 1.54) is 0 Å². The van der Waals surface area contributed by atoms with Gasteiger partial charge in [0.2, 0.25) is 5.82 Å². The van der Waals surface area contributed by atoms with E-state index in [0.29, 0.717) is 6.54 Å². The number of fused-ring (bicyclic) bond motifs is 1. The van der Waals surface area contributed by atoms with Crippen LogP contribution in [0.1, 0.15) is 22.0 Å². The first-order valence-corrected chi connectivity index (χ1v) is 3.79. The summed E-state index contributed by atoms with van der Waals surface area (Å²) in [6, 6.07) is 0. The number of carboxylic acids is 1. The third kappa shape index (κ3) is 1.08. The standard InChI is InChI=1S/C7H9N3O2/c11-7(12)6-9-4-1-2-8-3-5(4)10-6/h8H,1-3H2,(H,9,10)(H,11,12). The Morgan fingerprint density at radius 3 is 3.08 bits per heavy atom. The van der Waals surface area contributed by atoms with E-state index >= 15 is 0 Å². The molecule has 0 radical (unpaired) electrons. The molecule has 0 amide bonds. The molecule has 0 bridgehead atoms. The number of carboxylic acid groups (broad SMARTS) is 1. The van der Waals surface area contributed by atoms with Gasteiger partial charge in [-0.15, -0.1) is 0 Å². The molecule has 64 valence electrons. The minimum atomic E-state index is -0.996. The molecule has 0 unspecified atom stereocenters. The maximum Gasteiger partial charge on any atom is 0.371 e. The van der Waals surface area contributed by atoms with Crippen molar-refractivity contribution in [3.63, 3.8) is 0 Å². The fourth-order valence-corrected chi connectivity index (χ4v) is 1.32. The highest BCUT2D eigenvalue weighted by Crippen LogP contribution is 2.10. The Morgan fingerprint density at radius 1 is 1.58 bits per heavy atom. The smallest absolute Gasteiger partial charge is 0.371 e. The number of nitrogens with zero attached hydrogens (tertiary/aromatic N) is 1. The topological polar surface area (TPSA) is 78.0 Å². The van der Waals surface area contributed by atoms with Gasteiger partial charge in [-0.25, -0.2) is 9.78 Å². The third-order valence-electron chi connectivity index (χ3n) is 1.91. The van der Waals surface area contributed by atoms with Gasteiger partial charge in [-0.1, -0.05) is 0 Å². The second-order valence-electron chi connectivity index (χ2n) is 2.74. The first-order chi connectivity index (χ1) is 5.77. The third-order valence-corrected chi connectivity index (χ3v) is 1.91. The number of H-pyrrole nitrogens is 1. The number of imidazole rings is 1. The van der Waals surface area contributed by atoms with Gasteiger partial charge in [0.05, 0.1) is 11.4 Å². The number of aromatic nitrogens is 2. The normalized spacial score (nSPS) is 15.7. The van der Waals surface area contributed by atoms with E-state index in [1.54, 1.807) is 0 Å². The summed E-state index contributed by atoms with van der Waals surface area (Å²) in [4.78, 5) is 17.2. The number of carbonyl (C=O) groups is 1. The molecule has 1 aliphatic heterocycles. The maximum atomic E-state index is 10.5. The second-order valence-corrected chi connectivity index (χ2v) is 2.74.